The first-order chi connectivity index (χ1) is 12.0. The van der Waals surface area contributed by atoms with E-state index >= 15 is 0 Å². The predicted octanol–water partition coefficient (Wildman–Crippen LogP) is 5.15. The van der Waals surface area contributed by atoms with Gasteiger partial charge in [0.05, 0.1) is 12.3 Å². The van der Waals surface area contributed by atoms with Gasteiger partial charge in [0.2, 0.25) is 0 Å². The molecule has 0 aliphatic carbocycles. The van der Waals surface area contributed by atoms with Gasteiger partial charge in [0.25, 0.3) is 5.91 Å². The van der Waals surface area contributed by atoms with Gasteiger partial charge < -0.3 is 14.8 Å². The molecule has 0 spiro atoms. The monoisotopic (exact) mass is 361 g/mol. The molecule has 5 heteroatoms. The molecule has 0 aliphatic rings. The van der Waals surface area contributed by atoms with E-state index in [1.807, 2.05) is 50.2 Å². The van der Waals surface area contributed by atoms with E-state index in [1.54, 1.807) is 0 Å². The van der Waals surface area contributed by atoms with Gasteiger partial charge in [0.15, 0.2) is 6.61 Å². The number of hydrogen-bond acceptors (Lipinski definition) is 3. The minimum Gasteiger partial charge on any atom is -0.491 e. The van der Waals surface area contributed by atoms with E-state index in [4.69, 9.17) is 21.1 Å². The third-order valence-corrected chi connectivity index (χ3v) is 4.29. The summed E-state index contributed by atoms with van der Waals surface area (Å²) in [5.74, 6) is 1.06. The van der Waals surface area contributed by atoms with E-state index in [0.29, 0.717) is 23.8 Å². The van der Waals surface area contributed by atoms with Crippen LogP contribution in [0.15, 0.2) is 36.4 Å². The summed E-state index contributed by atoms with van der Waals surface area (Å²) in [5.41, 5.74) is 2.49. The van der Waals surface area contributed by atoms with Crippen molar-refractivity contribution in [1.29, 1.82) is 0 Å². The van der Waals surface area contributed by atoms with Crippen molar-refractivity contribution in [2.24, 2.45) is 0 Å². The van der Waals surface area contributed by atoms with Gasteiger partial charge in [-0.05, 0) is 55.7 Å². The Bertz CT molecular complexity index is 708. The molecule has 0 saturated carbocycles. The number of benzene rings is 2. The number of halogens is 1. The largest absolute Gasteiger partial charge is 0.491 e. The first-order valence-corrected chi connectivity index (χ1v) is 8.80. The Kier molecular flexibility index (Phi) is 7.14. The Labute approximate surface area is 154 Å². The summed E-state index contributed by atoms with van der Waals surface area (Å²) in [6, 6.07) is 11.0. The Hall–Kier alpha value is -2.20. The molecule has 0 atom stereocenters. The molecule has 0 aromatic heterocycles. The quantitative estimate of drug-likeness (QED) is 0.661. The normalized spacial score (nSPS) is 10.4. The zero-order chi connectivity index (χ0) is 18.2. The SMILES string of the molecule is CCCCOc1ccccc1NC(=O)COc1cc(C)c(Cl)c(C)c1. The molecule has 0 fully saturated rings. The highest BCUT2D eigenvalue weighted by Gasteiger charge is 2.10. The number of carbonyl (C=O) groups is 1. The fourth-order valence-corrected chi connectivity index (χ4v) is 2.46. The highest BCUT2D eigenvalue weighted by atomic mass is 35.5. The number of para-hydroxylation sites is 2. The molecular weight excluding hydrogens is 338 g/mol. The zero-order valence-electron chi connectivity index (χ0n) is 14.9. The molecule has 0 saturated heterocycles. The molecular formula is C20H24ClNO3. The predicted molar refractivity (Wildman–Crippen MR) is 102 cm³/mol. The topological polar surface area (TPSA) is 47.6 Å². The average Bonchev–Trinajstić information content (AvgIpc) is 2.59. The molecule has 0 heterocycles. The Morgan fingerprint density at radius 3 is 2.48 bits per heavy atom. The van der Waals surface area contributed by atoms with Gasteiger partial charge >= 0.3 is 0 Å². The molecule has 25 heavy (non-hydrogen) atoms. The standard InChI is InChI=1S/C20H24ClNO3/c1-4-5-10-24-18-9-7-6-8-17(18)22-19(23)13-25-16-11-14(2)20(21)15(3)12-16/h6-9,11-12H,4-5,10,13H2,1-3H3,(H,22,23). The minimum absolute atomic E-state index is 0.0796. The van der Waals surface area contributed by atoms with Crippen molar-refractivity contribution in [2.45, 2.75) is 33.6 Å². The first kappa shape index (κ1) is 19.1. The van der Waals surface area contributed by atoms with Gasteiger partial charge in [-0.1, -0.05) is 37.1 Å². The van der Waals surface area contributed by atoms with Gasteiger partial charge in [-0.3, -0.25) is 4.79 Å². The number of aryl methyl sites for hydroxylation is 2. The van der Waals surface area contributed by atoms with Crippen molar-refractivity contribution in [3.63, 3.8) is 0 Å². The van der Waals surface area contributed by atoms with Crippen LogP contribution in [0, 0.1) is 13.8 Å². The van der Waals surface area contributed by atoms with Crippen LogP contribution in [-0.4, -0.2) is 19.1 Å². The molecule has 0 bridgehead atoms. The molecule has 4 nitrogen and oxygen atoms in total. The maximum absolute atomic E-state index is 12.2. The van der Waals surface area contributed by atoms with Crippen molar-refractivity contribution >= 4 is 23.2 Å². The molecule has 1 amide bonds. The Morgan fingerprint density at radius 1 is 1.12 bits per heavy atom. The molecule has 2 aromatic rings. The summed E-state index contributed by atoms with van der Waals surface area (Å²) in [4.78, 5) is 12.2. The van der Waals surface area contributed by atoms with Crippen molar-refractivity contribution in [3.05, 3.63) is 52.5 Å². The molecule has 2 aromatic carbocycles. The second-order valence-electron chi connectivity index (χ2n) is 5.91. The van der Waals surface area contributed by atoms with Gasteiger partial charge in [0.1, 0.15) is 11.5 Å². The molecule has 2 rings (SSSR count). The van der Waals surface area contributed by atoms with E-state index in [0.717, 1.165) is 29.0 Å². The van der Waals surface area contributed by atoms with E-state index in [2.05, 4.69) is 12.2 Å². The average molecular weight is 362 g/mol. The number of nitrogens with one attached hydrogen (secondary N) is 1. The lowest BCUT2D eigenvalue weighted by Crippen LogP contribution is -2.20. The molecule has 0 aliphatic heterocycles. The summed E-state index contributed by atoms with van der Waals surface area (Å²) in [6.45, 7) is 6.47. The summed E-state index contributed by atoms with van der Waals surface area (Å²) >= 11 is 6.14. The lowest BCUT2D eigenvalue weighted by atomic mass is 10.1. The number of unbranched alkanes of at least 4 members (excludes halogenated alkanes) is 1. The van der Waals surface area contributed by atoms with Crippen molar-refractivity contribution in [2.75, 3.05) is 18.5 Å². The maximum atomic E-state index is 12.2. The maximum Gasteiger partial charge on any atom is 0.262 e. The number of rotatable bonds is 8. The van der Waals surface area contributed by atoms with Crippen LogP contribution in [0.2, 0.25) is 5.02 Å². The van der Waals surface area contributed by atoms with Crippen LogP contribution < -0.4 is 14.8 Å². The third-order valence-electron chi connectivity index (χ3n) is 3.70. The van der Waals surface area contributed by atoms with E-state index < -0.39 is 0 Å². The molecule has 0 radical (unpaired) electrons. The van der Waals surface area contributed by atoms with Crippen molar-refractivity contribution in [1.82, 2.24) is 0 Å². The van der Waals surface area contributed by atoms with Crippen LogP contribution in [0.25, 0.3) is 0 Å². The van der Waals surface area contributed by atoms with Gasteiger partial charge in [-0.2, -0.15) is 0 Å². The lowest BCUT2D eigenvalue weighted by Gasteiger charge is -2.13. The van der Waals surface area contributed by atoms with Crippen LogP contribution >= 0.6 is 11.6 Å². The second-order valence-corrected chi connectivity index (χ2v) is 6.28. The number of anilines is 1. The van der Waals surface area contributed by atoms with Crippen molar-refractivity contribution < 1.29 is 14.3 Å². The molecule has 0 unspecified atom stereocenters. The van der Waals surface area contributed by atoms with E-state index in [-0.39, 0.29) is 12.5 Å². The van der Waals surface area contributed by atoms with Crippen LogP contribution in [0.3, 0.4) is 0 Å². The second kappa shape index (κ2) is 9.33. The van der Waals surface area contributed by atoms with E-state index in [9.17, 15) is 4.79 Å². The van der Waals surface area contributed by atoms with Gasteiger partial charge in [-0.25, -0.2) is 0 Å². The summed E-state index contributed by atoms with van der Waals surface area (Å²) in [7, 11) is 0. The smallest absolute Gasteiger partial charge is 0.262 e. The molecule has 134 valence electrons. The Morgan fingerprint density at radius 2 is 1.80 bits per heavy atom. The Balaban J connectivity index is 1.94. The first-order valence-electron chi connectivity index (χ1n) is 8.42. The summed E-state index contributed by atoms with van der Waals surface area (Å²) < 4.78 is 11.3. The van der Waals surface area contributed by atoms with Crippen LogP contribution in [0.4, 0.5) is 5.69 Å². The molecule has 1 N–H and O–H groups in total. The number of ether oxygens (including phenoxy) is 2. The number of hydrogen-bond donors (Lipinski definition) is 1. The fourth-order valence-electron chi connectivity index (χ4n) is 2.35. The summed E-state index contributed by atoms with van der Waals surface area (Å²) in [5, 5.41) is 3.55. The lowest BCUT2D eigenvalue weighted by molar-refractivity contribution is -0.118. The summed E-state index contributed by atoms with van der Waals surface area (Å²) in [6.07, 6.45) is 2.03. The third kappa shape index (κ3) is 5.68. The van der Waals surface area contributed by atoms with Crippen molar-refractivity contribution in [3.8, 4) is 11.5 Å². The highest BCUT2D eigenvalue weighted by molar-refractivity contribution is 6.32. The fraction of sp³-hybridized carbons (Fsp3) is 0.350. The van der Waals surface area contributed by atoms with E-state index in [1.165, 1.54) is 0 Å². The number of carbonyl (C=O) groups excluding carboxylic acids is 1. The highest BCUT2D eigenvalue weighted by Crippen LogP contribution is 2.26. The van der Waals surface area contributed by atoms with Gasteiger partial charge in [0, 0.05) is 5.02 Å². The zero-order valence-corrected chi connectivity index (χ0v) is 15.7. The minimum atomic E-state index is -0.239. The van der Waals surface area contributed by atoms with Crippen LogP contribution in [-0.2, 0) is 4.79 Å². The number of amides is 1. The van der Waals surface area contributed by atoms with Gasteiger partial charge in [-0.15, -0.1) is 0 Å². The van der Waals surface area contributed by atoms with Crippen LogP contribution in [0.1, 0.15) is 30.9 Å². The van der Waals surface area contributed by atoms with Crippen LogP contribution in [0.5, 0.6) is 11.5 Å².